The van der Waals surface area contributed by atoms with E-state index in [1.165, 1.54) is 4.90 Å². The van der Waals surface area contributed by atoms with Crippen molar-refractivity contribution in [2.75, 3.05) is 0 Å². The van der Waals surface area contributed by atoms with Crippen molar-refractivity contribution < 1.29 is 19.5 Å². The molecule has 0 radical (unpaired) electrons. The minimum absolute atomic E-state index is 0.0232. The summed E-state index contributed by atoms with van der Waals surface area (Å²) in [4.78, 5) is 36.6. The van der Waals surface area contributed by atoms with Gasteiger partial charge >= 0.3 is 5.97 Å². The molecule has 0 spiro atoms. The first-order chi connectivity index (χ1) is 8.58. The van der Waals surface area contributed by atoms with Crippen LogP contribution >= 0.6 is 0 Å². The van der Waals surface area contributed by atoms with Gasteiger partial charge in [0.2, 0.25) is 11.8 Å². The Labute approximate surface area is 104 Å². The number of imide groups is 1. The van der Waals surface area contributed by atoms with Crippen LogP contribution in [-0.4, -0.2) is 33.8 Å². The molecule has 96 valence electrons. The molecule has 2 aliphatic carbocycles. The van der Waals surface area contributed by atoms with Crippen molar-refractivity contribution in [1.29, 1.82) is 0 Å². The number of hydrogen-bond donors (Lipinski definition) is 1. The zero-order valence-corrected chi connectivity index (χ0v) is 9.91. The Hall–Kier alpha value is -1.65. The molecule has 4 unspecified atom stereocenters. The highest BCUT2D eigenvalue weighted by Crippen LogP contribution is 2.40. The van der Waals surface area contributed by atoms with Crippen LogP contribution in [0.1, 0.15) is 25.7 Å². The van der Waals surface area contributed by atoms with Crippen molar-refractivity contribution in [1.82, 2.24) is 4.90 Å². The largest absolute Gasteiger partial charge is 0.481 e. The van der Waals surface area contributed by atoms with Crippen LogP contribution in [0.4, 0.5) is 0 Å². The highest BCUT2D eigenvalue weighted by atomic mass is 16.4. The van der Waals surface area contributed by atoms with E-state index in [4.69, 9.17) is 5.11 Å². The van der Waals surface area contributed by atoms with Crippen LogP contribution in [0.5, 0.6) is 0 Å². The van der Waals surface area contributed by atoms with Gasteiger partial charge in [-0.25, -0.2) is 0 Å². The van der Waals surface area contributed by atoms with Gasteiger partial charge in [0.1, 0.15) is 0 Å². The molecule has 1 saturated carbocycles. The molecule has 0 aromatic carbocycles. The molecule has 2 amide bonds. The van der Waals surface area contributed by atoms with E-state index < -0.39 is 11.9 Å². The first-order valence-corrected chi connectivity index (χ1v) is 6.36. The Morgan fingerprint density at radius 1 is 1.11 bits per heavy atom. The second kappa shape index (κ2) is 3.93. The number of likely N-dealkylation sites (tertiary alicyclic amines) is 1. The van der Waals surface area contributed by atoms with Gasteiger partial charge in [0.05, 0.1) is 12.0 Å². The lowest BCUT2D eigenvalue weighted by molar-refractivity contribution is -0.155. The second-order valence-electron chi connectivity index (χ2n) is 5.39. The van der Waals surface area contributed by atoms with Crippen molar-refractivity contribution in [2.45, 2.75) is 31.7 Å². The van der Waals surface area contributed by atoms with Crippen LogP contribution in [0.3, 0.4) is 0 Å². The number of nitrogens with zero attached hydrogens (tertiary/aromatic N) is 1. The molecule has 5 heteroatoms. The highest BCUT2D eigenvalue weighted by Gasteiger charge is 2.48. The maximum Gasteiger partial charge on any atom is 0.310 e. The Kier molecular flexibility index (Phi) is 2.50. The summed E-state index contributed by atoms with van der Waals surface area (Å²) in [7, 11) is 0. The topological polar surface area (TPSA) is 74.7 Å². The molecule has 1 saturated heterocycles. The standard InChI is InChI=1S/C13H15NO4/c15-11-7-1-2-8(5-7)12(16)14(11)10-4-3-9(6-10)13(17)18/h3-4,7-10H,1-2,5-6H2,(H,17,18). The van der Waals surface area contributed by atoms with E-state index in [-0.39, 0.29) is 29.7 Å². The second-order valence-corrected chi connectivity index (χ2v) is 5.39. The predicted octanol–water partition coefficient (Wildman–Crippen LogP) is 0.801. The van der Waals surface area contributed by atoms with Gasteiger partial charge in [-0.3, -0.25) is 19.3 Å². The number of aliphatic carboxylic acids is 1. The average Bonchev–Trinajstić information content (AvgIpc) is 2.95. The maximum atomic E-state index is 12.2. The number of fused-ring (bicyclic) bond motifs is 2. The van der Waals surface area contributed by atoms with Crippen molar-refractivity contribution in [3.05, 3.63) is 12.2 Å². The zero-order chi connectivity index (χ0) is 12.9. The van der Waals surface area contributed by atoms with E-state index >= 15 is 0 Å². The number of carboxylic acid groups (broad SMARTS) is 1. The molecular formula is C13H15NO4. The first kappa shape index (κ1) is 11.4. The lowest BCUT2D eigenvalue weighted by Gasteiger charge is -2.33. The molecule has 2 bridgehead atoms. The van der Waals surface area contributed by atoms with Crippen LogP contribution < -0.4 is 0 Å². The highest BCUT2D eigenvalue weighted by molar-refractivity contribution is 6.01. The predicted molar refractivity (Wildman–Crippen MR) is 61.4 cm³/mol. The molecule has 0 aromatic heterocycles. The summed E-state index contributed by atoms with van der Waals surface area (Å²) in [6.07, 6.45) is 5.89. The molecule has 18 heavy (non-hydrogen) atoms. The van der Waals surface area contributed by atoms with E-state index in [1.54, 1.807) is 12.2 Å². The number of piperidine rings is 1. The summed E-state index contributed by atoms with van der Waals surface area (Å²) in [6, 6.07) is -0.352. The summed E-state index contributed by atoms with van der Waals surface area (Å²) in [6.45, 7) is 0. The summed E-state index contributed by atoms with van der Waals surface area (Å²) >= 11 is 0. The fraction of sp³-hybridized carbons (Fsp3) is 0.615. The number of carbonyl (C=O) groups is 3. The Morgan fingerprint density at radius 3 is 2.22 bits per heavy atom. The number of amides is 2. The summed E-state index contributed by atoms with van der Waals surface area (Å²) in [5.74, 6) is -1.72. The lowest BCUT2D eigenvalue weighted by atomic mass is 9.95. The van der Waals surface area contributed by atoms with Gasteiger partial charge in [-0.15, -0.1) is 0 Å². The van der Waals surface area contributed by atoms with Crippen molar-refractivity contribution in [2.24, 2.45) is 17.8 Å². The van der Waals surface area contributed by atoms with Gasteiger partial charge in [0.25, 0.3) is 0 Å². The van der Waals surface area contributed by atoms with Crippen LogP contribution in [0, 0.1) is 17.8 Å². The summed E-state index contributed by atoms with van der Waals surface area (Å²) in [5, 5.41) is 8.94. The van der Waals surface area contributed by atoms with E-state index in [0.717, 1.165) is 12.8 Å². The Bertz CT molecular complexity index is 434. The number of rotatable bonds is 2. The minimum Gasteiger partial charge on any atom is -0.481 e. The normalized spacial score (nSPS) is 38.6. The molecule has 1 heterocycles. The Morgan fingerprint density at radius 2 is 1.72 bits per heavy atom. The fourth-order valence-corrected chi connectivity index (χ4v) is 3.31. The van der Waals surface area contributed by atoms with Crippen molar-refractivity contribution in [3.8, 4) is 0 Å². The van der Waals surface area contributed by atoms with Crippen molar-refractivity contribution >= 4 is 17.8 Å². The Balaban J connectivity index is 1.81. The van der Waals surface area contributed by atoms with Gasteiger partial charge in [-0.05, 0) is 25.7 Å². The monoisotopic (exact) mass is 249 g/mol. The minimum atomic E-state index is -0.895. The third-order valence-electron chi connectivity index (χ3n) is 4.32. The molecule has 0 aromatic rings. The first-order valence-electron chi connectivity index (χ1n) is 6.36. The molecular weight excluding hydrogens is 234 g/mol. The number of carboxylic acids is 1. The number of carbonyl (C=O) groups excluding carboxylic acids is 2. The fourth-order valence-electron chi connectivity index (χ4n) is 3.31. The van der Waals surface area contributed by atoms with Crippen LogP contribution in [0.2, 0.25) is 0 Å². The zero-order valence-electron chi connectivity index (χ0n) is 9.91. The third kappa shape index (κ3) is 1.57. The van der Waals surface area contributed by atoms with Gasteiger partial charge < -0.3 is 5.11 Å². The maximum absolute atomic E-state index is 12.2. The van der Waals surface area contributed by atoms with Gasteiger partial charge in [0, 0.05) is 11.8 Å². The van der Waals surface area contributed by atoms with Crippen LogP contribution in [0.25, 0.3) is 0 Å². The molecule has 1 aliphatic heterocycles. The molecule has 2 fully saturated rings. The summed E-state index contributed by atoms with van der Waals surface area (Å²) < 4.78 is 0. The number of hydrogen-bond acceptors (Lipinski definition) is 3. The molecule has 1 N–H and O–H groups in total. The third-order valence-corrected chi connectivity index (χ3v) is 4.32. The lowest BCUT2D eigenvalue weighted by Crippen LogP contribution is -2.50. The van der Waals surface area contributed by atoms with E-state index in [9.17, 15) is 14.4 Å². The van der Waals surface area contributed by atoms with E-state index in [0.29, 0.717) is 12.8 Å². The van der Waals surface area contributed by atoms with E-state index in [2.05, 4.69) is 0 Å². The van der Waals surface area contributed by atoms with Gasteiger partial charge in [-0.1, -0.05) is 12.2 Å². The molecule has 3 aliphatic rings. The van der Waals surface area contributed by atoms with Crippen LogP contribution in [-0.2, 0) is 14.4 Å². The van der Waals surface area contributed by atoms with Crippen molar-refractivity contribution in [3.63, 3.8) is 0 Å². The summed E-state index contributed by atoms with van der Waals surface area (Å²) in [5.41, 5.74) is 0. The molecule has 5 nitrogen and oxygen atoms in total. The molecule has 3 rings (SSSR count). The average molecular weight is 249 g/mol. The smallest absolute Gasteiger partial charge is 0.310 e. The van der Waals surface area contributed by atoms with Crippen LogP contribution in [0.15, 0.2) is 12.2 Å². The quantitative estimate of drug-likeness (QED) is 0.580. The SMILES string of the molecule is O=C(O)C1C=CC(N2C(=O)C3CCC(C3)C2=O)C1. The van der Waals surface area contributed by atoms with Gasteiger partial charge in [0.15, 0.2) is 0 Å². The van der Waals surface area contributed by atoms with E-state index in [1.807, 2.05) is 0 Å². The van der Waals surface area contributed by atoms with Gasteiger partial charge in [-0.2, -0.15) is 0 Å². The molecule has 4 atom stereocenters.